The van der Waals surface area contributed by atoms with Crippen molar-refractivity contribution in [2.75, 3.05) is 46.7 Å². The van der Waals surface area contributed by atoms with Gasteiger partial charge in [-0.3, -0.25) is 0 Å². The third-order valence-corrected chi connectivity index (χ3v) is 6.14. The van der Waals surface area contributed by atoms with Crippen molar-refractivity contribution < 1.29 is 28.4 Å². The number of methoxy groups -OCH3 is 3. The van der Waals surface area contributed by atoms with E-state index in [1.807, 2.05) is 31.3 Å². The topological polar surface area (TPSA) is 58.6 Å². The number of ether oxygens (including phenoxy) is 6. The van der Waals surface area contributed by atoms with Crippen LogP contribution in [0.25, 0.3) is 0 Å². The lowest BCUT2D eigenvalue weighted by Crippen LogP contribution is -2.28. The molecule has 5 rings (SSSR count). The molecule has 0 fully saturated rings. The van der Waals surface area contributed by atoms with Crippen molar-refractivity contribution in [3.8, 4) is 28.7 Å². The van der Waals surface area contributed by atoms with Crippen LogP contribution in [-0.2, 0) is 4.74 Å². The van der Waals surface area contributed by atoms with Crippen LogP contribution < -0.4 is 28.6 Å². The number of rotatable bonds is 4. The van der Waals surface area contributed by atoms with Gasteiger partial charge in [0, 0.05) is 48.0 Å². The van der Waals surface area contributed by atoms with Gasteiger partial charge in [0.2, 0.25) is 6.79 Å². The molecule has 0 aromatic heterocycles. The summed E-state index contributed by atoms with van der Waals surface area (Å²) >= 11 is 5.61. The van der Waals surface area contributed by atoms with Gasteiger partial charge in [0.1, 0.15) is 23.9 Å². The fourth-order valence-electron chi connectivity index (χ4n) is 4.36. The predicted octanol–water partition coefficient (Wildman–Crippen LogP) is 3.63. The first-order valence-electron chi connectivity index (χ1n) is 9.44. The molecule has 0 radical (unpaired) electrons. The molecule has 0 unspecified atom stereocenters. The molecule has 156 valence electrons. The zero-order valence-electron chi connectivity index (χ0n) is 17.1. The average molecular weight is 427 g/mol. The normalized spacial score (nSPS) is 18.7. The lowest BCUT2D eigenvalue weighted by Gasteiger charge is -2.35. The van der Waals surface area contributed by atoms with E-state index in [1.54, 1.807) is 21.3 Å². The molecule has 0 spiro atoms. The molecule has 0 amide bonds. The van der Waals surface area contributed by atoms with E-state index in [2.05, 4.69) is 4.90 Å². The van der Waals surface area contributed by atoms with Gasteiger partial charge in [-0.15, -0.1) is 0 Å². The quantitative estimate of drug-likeness (QED) is 0.686. The first-order chi connectivity index (χ1) is 14.6. The Kier molecular flexibility index (Phi) is 4.39. The maximum Gasteiger partial charge on any atom is 0.231 e. The molecule has 30 heavy (non-hydrogen) atoms. The summed E-state index contributed by atoms with van der Waals surface area (Å²) < 4.78 is 34.0. The van der Waals surface area contributed by atoms with E-state index < -0.39 is 0 Å². The second-order valence-electron chi connectivity index (χ2n) is 7.14. The van der Waals surface area contributed by atoms with Crippen LogP contribution >= 0.6 is 12.2 Å². The van der Waals surface area contributed by atoms with E-state index in [9.17, 15) is 0 Å². The Hall–Kier alpha value is -3.13. The molecule has 0 saturated carbocycles. The first kappa shape index (κ1) is 18.9. The number of fused-ring (bicyclic) bond motifs is 2. The van der Waals surface area contributed by atoms with Crippen LogP contribution in [0, 0.1) is 0 Å². The largest absolute Gasteiger partial charge is 0.496 e. The molecule has 0 aliphatic carbocycles. The number of thiocarbonyl (C=S) groups is 1. The van der Waals surface area contributed by atoms with Gasteiger partial charge in [-0.05, 0) is 23.8 Å². The van der Waals surface area contributed by atoms with Gasteiger partial charge in [-0.1, -0.05) is 0 Å². The van der Waals surface area contributed by atoms with Crippen molar-refractivity contribution in [1.29, 1.82) is 0 Å². The summed E-state index contributed by atoms with van der Waals surface area (Å²) in [6.45, 7) is 0.617. The van der Waals surface area contributed by atoms with Gasteiger partial charge in [-0.2, -0.15) is 0 Å². The number of nitrogens with zero attached hydrogens (tertiary/aromatic N) is 1. The second-order valence-corrected chi connectivity index (χ2v) is 7.51. The molecule has 2 aromatic rings. The monoisotopic (exact) mass is 427 g/mol. The smallest absolute Gasteiger partial charge is 0.231 e. The van der Waals surface area contributed by atoms with Crippen LogP contribution in [0.5, 0.6) is 28.7 Å². The predicted molar refractivity (Wildman–Crippen MR) is 114 cm³/mol. The summed E-state index contributed by atoms with van der Waals surface area (Å²) in [5, 5.41) is 0.477. The van der Waals surface area contributed by atoms with Crippen LogP contribution in [0.1, 0.15) is 17.0 Å². The SMILES string of the molecule is COc1cc(OC)c([C@H]2C3=C(COC3=S)N(C)c3cc4c(cc32)OCO4)c(OC)c1. The Balaban J connectivity index is 1.82. The molecule has 2 aromatic carbocycles. The highest BCUT2D eigenvalue weighted by Gasteiger charge is 2.42. The lowest BCUT2D eigenvalue weighted by atomic mass is 9.79. The van der Waals surface area contributed by atoms with Crippen LogP contribution in [0.15, 0.2) is 35.5 Å². The summed E-state index contributed by atoms with van der Waals surface area (Å²) in [5.41, 5.74) is 4.80. The zero-order valence-corrected chi connectivity index (χ0v) is 17.9. The lowest BCUT2D eigenvalue weighted by molar-refractivity contribution is 0.174. The number of likely N-dealkylation sites (N-methyl/N-ethyl adjacent to an activating group) is 1. The highest BCUT2D eigenvalue weighted by molar-refractivity contribution is 7.80. The van der Waals surface area contributed by atoms with Crippen molar-refractivity contribution in [2.24, 2.45) is 0 Å². The second kappa shape index (κ2) is 6.98. The van der Waals surface area contributed by atoms with Crippen LogP contribution in [0.3, 0.4) is 0 Å². The van der Waals surface area contributed by atoms with E-state index in [0.29, 0.717) is 34.7 Å². The zero-order chi connectivity index (χ0) is 21.0. The minimum Gasteiger partial charge on any atom is -0.496 e. The van der Waals surface area contributed by atoms with Crippen molar-refractivity contribution in [3.05, 3.63) is 46.7 Å². The van der Waals surface area contributed by atoms with E-state index in [0.717, 1.165) is 33.8 Å². The average Bonchev–Trinajstić information content (AvgIpc) is 3.39. The molecule has 3 aliphatic heterocycles. The number of anilines is 1. The van der Waals surface area contributed by atoms with Crippen molar-refractivity contribution >= 4 is 23.0 Å². The van der Waals surface area contributed by atoms with E-state index in [4.69, 9.17) is 40.6 Å². The minimum atomic E-state index is -0.258. The third kappa shape index (κ3) is 2.60. The maximum atomic E-state index is 5.79. The van der Waals surface area contributed by atoms with Gasteiger partial charge in [-0.25, -0.2) is 0 Å². The Labute approximate surface area is 179 Å². The molecule has 0 bridgehead atoms. The Morgan fingerprint density at radius 3 is 2.23 bits per heavy atom. The summed E-state index contributed by atoms with van der Waals surface area (Å²) in [5.74, 6) is 3.10. The molecular weight excluding hydrogens is 406 g/mol. The van der Waals surface area contributed by atoms with Gasteiger partial charge in [0.15, 0.2) is 16.5 Å². The van der Waals surface area contributed by atoms with Gasteiger partial charge < -0.3 is 33.3 Å². The minimum absolute atomic E-state index is 0.205. The van der Waals surface area contributed by atoms with E-state index in [1.165, 1.54) is 0 Å². The summed E-state index contributed by atoms with van der Waals surface area (Å²) in [7, 11) is 6.88. The molecular formula is C22H21NO6S. The standard InChI is InChI=1S/C22H21NO6S/c1-23-13-8-16-15(28-10-29-16)7-12(13)19(20-14(23)9-27-22(20)30)21-17(25-3)5-11(24-2)6-18(21)26-4/h5-8,19H,9-10H2,1-4H3/t19-/m1/s1. The van der Waals surface area contributed by atoms with E-state index >= 15 is 0 Å². The Morgan fingerprint density at radius 1 is 0.933 bits per heavy atom. The van der Waals surface area contributed by atoms with Crippen molar-refractivity contribution in [2.45, 2.75) is 5.92 Å². The van der Waals surface area contributed by atoms with E-state index in [-0.39, 0.29) is 12.7 Å². The summed E-state index contributed by atoms with van der Waals surface area (Å²) in [4.78, 5) is 2.10. The Morgan fingerprint density at radius 2 is 1.60 bits per heavy atom. The molecule has 1 atom stereocenters. The third-order valence-electron chi connectivity index (χ3n) is 5.80. The fourth-order valence-corrected chi connectivity index (χ4v) is 4.65. The summed E-state index contributed by atoms with van der Waals surface area (Å²) in [6.07, 6.45) is 0. The molecule has 7 nitrogen and oxygen atoms in total. The molecule has 0 N–H and O–H groups in total. The maximum absolute atomic E-state index is 5.79. The van der Waals surface area contributed by atoms with Crippen molar-refractivity contribution in [3.63, 3.8) is 0 Å². The molecule has 3 aliphatic rings. The Bertz CT molecular complexity index is 1070. The van der Waals surface area contributed by atoms with Gasteiger partial charge in [0.05, 0.1) is 27.0 Å². The highest BCUT2D eigenvalue weighted by atomic mass is 32.1. The fraction of sp³-hybridized carbons (Fsp3) is 0.318. The van der Waals surface area contributed by atoms with Crippen LogP contribution in [0.4, 0.5) is 5.69 Å². The molecule has 3 heterocycles. The first-order valence-corrected chi connectivity index (χ1v) is 9.85. The van der Waals surface area contributed by atoms with Gasteiger partial charge in [0.25, 0.3) is 0 Å². The molecule has 8 heteroatoms. The van der Waals surface area contributed by atoms with Crippen LogP contribution in [0.2, 0.25) is 0 Å². The number of benzene rings is 2. The van der Waals surface area contributed by atoms with Crippen molar-refractivity contribution in [1.82, 2.24) is 0 Å². The van der Waals surface area contributed by atoms with Crippen LogP contribution in [-0.4, -0.2) is 46.8 Å². The number of hydrogen-bond donors (Lipinski definition) is 0. The number of hydrogen-bond acceptors (Lipinski definition) is 8. The van der Waals surface area contributed by atoms with Gasteiger partial charge >= 0.3 is 0 Å². The molecule has 0 saturated heterocycles. The highest BCUT2D eigenvalue weighted by Crippen LogP contribution is 2.54. The summed E-state index contributed by atoms with van der Waals surface area (Å²) in [6, 6.07) is 7.70.